The third kappa shape index (κ3) is 9.35. The smallest absolute Gasteiger partial charge is 0.306 e. The van der Waals surface area contributed by atoms with Crippen LogP contribution in [-0.2, 0) is 39.1 Å². The van der Waals surface area contributed by atoms with E-state index >= 15 is 8.78 Å². The van der Waals surface area contributed by atoms with Crippen molar-refractivity contribution in [2.24, 2.45) is 0 Å². The van der Waals surface area contributed by atoms with Crippen molar-refractivity contribution in [3.63, 3.8) is 0 Å². The van der Waals surface area contributed by atoms with Crippen molar-refractivity contribution in [2.75, 3.05) is 10.9 Å². The Balaban J connectivity index is 1.42. The van der Waals surface area contributed by atoms with Gasteiger partial charge in [-0.1, -0.05) is 84.9 Å². The molecule has 0 aliphatic rings. The summed E-state index contributed by atoms with van der Waals surface area (Å²) in [6.07, 6.45) is -0.939. The van der Waals surface area contributed by atoms with Crippen molar-refractivity contribution in [1.82, 2.24) is 9.78 Å². The summed E-state index contributed by atoms with van der Waals surface area (Å²) in [7, 11) is -4.83. The first-order chi connectivity index (χ1) is 27.3. The average Bonchev–Trinajstić information content (AvgIpc) is 3.61. The van der Waals surface area contributed by atoms with Gasteiger partial charge < -0.3 is 9.47 Å². The van der Waals surface area contributed by atoms with Crippen LogP contribution < -0.4 is 9.04 Å². The van der Waals surface area contributed by atoms with Crippen LogP contribution in [-0.4, -0.2) is 41.8 Å². The number of hydrogen-bond acceptors (Lipinski definition) is 8. The molecule has 5 aromatic carbocycles. The number of benzene rings is 5. The first kappa shape index (κ1) is 40.3. The second-order valence-corrected chi connectivity index (χ2v) is 15.2. The Labute approximate surface area is 329 Å². The van der Waals surface area contributed by atoms with E-state index in [2.05, 4.69) is 0 Å². The van der Waals surface area contributed by atoms with Crippen LogP contribution in [0.15, 0.2) is 126 Å². The lowest BCUT2D eigenvalue weighted by Gasteiger charge is -2.26. The Morgan fingerprint density at radius 2 is 1.51 bits per heavy atom. The van der Waals surface area contributed by atoms with Gasteiger partial charge in [0.25, 0.3) is 15.7 Å². The van der Waals surface area contributed by atoms with Crippen molar-refractivity contribution in [1.29, 1.82) is 0 Å². The standard InChI is InChI=1S/C43H40F2N4O7S/c1-4-55-43(50)22-21-35-36(44)24-34(25-37(35)45)48(57(53,54)42-18-12-11-17-39(42)49(51)52)27-30-19-20-33(41(23-30)56-29(2)3)28-47-40(32-15-9-6-10-16-32)26-38(46-47)31-13-7-5-8-14-31/h5-20,23-26,29H,4,21-22,27-28H2,1-3H3. The molecule has 0 unspecified atom stereocenters. The molecular weight excluding hydrogens is 755 g/mol. The van der Waals surface area contributed by atoms with Crippen molar-refractivity contribution in [3.05, 3.63) is 160 Å². The zero-order valence-electron chi connectivity index (χ0n) is 31.5. The third-order valence-corrected chi connectivity index (χ3v) is 10.8. The molecule has 6 rings (SSSR count). The van der Waals surface area contributed by atoms with Crippen molar-refractivity contribution < 1.29 is 36.4 Å². The van der Waals surface area contributed by atoms with Crippen molar-refractivity contribution in [3.8, 4) is 28.3 Å². The fraction of sp³-hybridized carbons (Fsp3) is 0.209. The van der Waals surface area contributed by atoms with Gasteiger partial charge in [-0.15, -0.1) is 0 Å². The van der Waals surface area contributed by atoms with Gasteiger partial charge in [0.05, 0.1) is 47.8 Å². The topological polar surface area (TPSA) is 134 Å². The highest BCUT2D eigenvalue weighted by Gasteiger charge is 2.33. The molecule has 57 heavy (non-hydrogen) atoms. The number of para-hydroxylation sites is 1. The van der Waals surface area contributed by atoms with E-state index in [1.165, 1.54) is 12.1 Å². The predicted molar refractivity (Wildman–Crippen MR) is 212 cm³/mol. The Morgan fingerprint density at radius 1 is 0.877 bits per heavy atom. The zero-order chi connectivity index (χ0) is 40.7. The van der Waals surface area contributed by atoms with Crippen molar-refractivity contribution >= 4 is 27.4 Å². The van der Waals surface area contributed by atoms with Crippen molar-refractivity contribution in [2.45, 2.75) is 57.7 Å². The molecule has 11 nitrogen and oxygen atoms in total. The van der Waals surface area contributed by atoms with Crippen LogP contribution in [0.1, 0.15) is 43.9 Å². The van der Waals surface area contributed by atoms with Gasteiger partial charge in [-0.05, 0) is 68.7 Å². The van der Waals surface area contributed by atoms with E-state index in [4.69, 9.17) is 14.6 Å². The van der Waals surface area contributed by atoms with E-state index in [1.54, 1.807) is 25.1 Å². The molecule has 14 heteroatoms. The number of ether oxygens (including phenoxy) is 2. The van der Waals surface area contributed by atoms with Crippen LogP contribution >= 0.6 is 0 Å². The summed E-state index contributed by atoms with van der Waals surface area (Å²) in [4.78, 5) is 22.4. The molecule has 1 aromatic heterocycles. The summed E-state index contributed by atoms with van der Waals surface area (Å²) in [5.41, 5.74) is 2.99. The van der Waals surface area contributed by atoms with Gasteiger partial charge in [-0.25, -0.2) is 17.2 Å². The van der Waals surface area contributed by atoms with Crippen LogP contribution in [0.2, 0.25) is 0 Å². The second kappa shape index (κ2) is 17.6. The van der Waals surface area contributed by atoms with Gasteiger partial charge in [0.1, 0.15) is 17.4 Å². The number of hydrogen-bond donors (Lipinski definition) is 0. The fourth-order valence-corrected chi connectivity index (χ4v) is 7.94. The maximum Gasteiger partial charge on any atom is 0.306 e. The first-order valence-corrected chi connectivity index (χ1v) is 19.7. The van der Waals surface area contributed by atoms with Crippen LogP contribution in [0.3, 0.4) is 0 Å². The minimum Gasteiger partial charge on any atom is -0.491 e. The molecule has 0 radical (unpaired) electrons. The lowest BCUT2D eigenvalue weighted by molar-refractivity contribution is -0.387. The van der Waals surface area contributed by atoms with E-state index in [1.807, 2.05) is 85.3 Å². The Morgan fingerprint density at radius 3 is 2.14 bits per heavy atom. The molecule has 0 aliphatic carbocycles. The minimum atomic E-state index is -4.83. The number of nitro benzene ring substituents is 1. The summed E-state index contributed by atoms with van der Waals surface area (Å²) in [6, 6.07) is 33.0. The maximum absolute atomic E-state index is 15.6. The summed E-state index contributed by atoms with van der Waals surface area (Å²) >= 11 is 0. The summed E-state index contributed by atoms with van der Waals surface area (Å²) in [5.74, 6) is -2.43. The number of halogens is 2. The number of aromatic nitrogens is 2. The van der Waals surface area contributed by atoms with E-state index in [0.29, 0.717) is 16.9 Å². The number of anilines is 1. The lowest BCUT2D eigenvalue weighted by Crippen LogP contribution is -2.31. The molecule has 0 aliphatic heterocycles. The Hall–Kier alpha value is -6.41. The molecule has 0 saturated heterocycles. The van der Waals surface area contributed by atoms with Gasteiger partial charge in [0, 0.05) is 29.2 Å². The Kier molecular flexibility index (Phi) is 12.4. The minimum absolute atomic E-state index is 0.0965. The number of sulfonamides is 1. The van der Waals surface area contributed by atoms with Gasteiger partial charge >= 0.3 is 5.97 Å². The van der Waals surface area contributed by atoms with Crippen LogP contribution in [0.25, 0.3) is 22.5 Å². The molecule has 0 fully saturated rings. The van der Waals surface area contributed by atoms with Gasteiger partial charge in [0.15, 0.2) is 4.90 Å². The molecule has 0 atom stereocenters. The van der Waals surface area contributed by atoms with Crippen LogP contribution in [0, 0.1) is 21.7 Å². The molecule has 0 spiro atoms. The molecular formula is C43H40F2N4O7S. The molecule has 1 heterocycles. The molecule has 0 saturated carbocycles. The van der Waals surface area contributed by atoms with Crippen LogP contribution in [0.5, 0.6) is 5.75 Å². The highest BCUT2D eigenvalue weighted by Crippen LogP contribution is 2.35. The quantitative estimate of drug-likeness (QED) is 0.0538. The van der Waals surface area contributed by atoms with E-state index in [0.717, 1.165) is 51.1 Å². The van der Waals surface area contributed by atoms with E-state index in [9.17, 15) is 23.3 Å². The number of nitrogens with zero attached hydrogens (tertiary/aromatic N) is 4. The first-order valence-electron chi connectivity index (χ1n) is 18.2. The fourth-order valence-electron chi connectivity index (χ4n) is 6.34. The summed E-state index contributed by atoms with van der Waals surface area (Å²) < 4.78 is 73.8. The Bertz CT molecular complexity index is 2470. The monoisotopic (exact) mass is 794 g/mol. The SMILES string of the molecule is CCOC(=O)CCc1c(F)cc(N(Cc2ccc(Cn3nc(-c4ccccc4)cc3-c3ccccc3)c(OC(C)C)c2)S(=O)(=O)c2ccccc2[N+](=O)[O-])cc1F. The molecule has 6 aromatic rings. The largest absolute Gasteiger partial charge is 0.491 e. The highest BCUT2D eigenvalue weighted by atomic mass is 32.2. The number of carbonyl (C=O) groups excluding carboxylic acids is 1. The number of esters is 1. The number of rotatable bonds is 16. The van der Waals surface area contributed by atoms with E-state index < -0.39 is 60.9 Å². The summed E-state index contributed by atoms with van der Waals surface area (Å²) in [6.45, 7) is 5.16. The molecule has 294 valence electrons. The molecule has 0 amide bonds. The number of nitro groups is 1. The highest BCUT2D eigenvalue weighted by molar-refractivity contribution is 7.93. The normalized spacial score (nSPS) is 11.4. The zero-order valence-corrected chi connectivity index (χ0v) is 32.3. The third-order valence-electron chi connectivity index (χ3n) is 8.99. The van der Waals surface area contributed by atoms with Gasteiger partial charge in [-0.3, -0.25) is 23.9 Å². The number of carbonyl (C=O) groups is 1. The van der Waals surface area contributed by atoms with Crippen LogP contribution in [0.4, 0.5) is 20.2 Å². The maximum atomic E-state index is 15.6. The predicted octanol–water partition coefficient (Wildman–Crippen LogP) is 9.13. The molecule has 0 N–H and O–H groups in total. The molecule has 0 bridgehead atoms. The lowest BCUT2D eigenvalue weighted by atomic mass is 10.1. The van der Waals surface area contributed by atoms with Gasteiger partial charge in [-0.2, -0.15) is 5.10 Å². The summed E-state index contributed by atoms with van der Waals surface area (Å²) in [5, 5.41) is 16.9. The van der Waals surface area contributed by atoms with Gasteiger partial charge in [0.2, 0.25) is 0 Å². The van der Waals surface area contributed by atoms with E-state index in [-0.39, 0.29) is 32.1 Å². The second-order valence-electron chi connectivity index (χ2n) is 13.3. The average molecular weight is 795 g/mol.